The van der Waals surface area contributed by atoms with Crippen molar-refractivity contribution in [3.05, 3.63) is 16.5 Å². The SMILES string of the molecule is CN1CC=Cc2c(N)nsc2C1=O. The van der Waals surface area contributed by atoms with Crippen LogP contribution in [0.4, 0.5) is 5.82 Å². The second kappa shape index (κ2) is 2.85. The lowest BCUT2D eigenvalue weighted by molar-refractivity contribution is 0.0816. The van der Waals surface area contributed by atoms with Crippen LogP contribution in [-0.2, 0) is 0 Å². The molecule has 0 aromatic carbocycles. The molecule has 0 saturated carbocycles. The molecular weight excluding hydrogens is 186 g/mol. The zero-order valence-corrected chi connectivity index (χ0v) is 7.97. The van der Waals surface area contributed by atoms with E-state index in [1.807, 2.05) is 12.2 Å². The number of carbonyl (C=O) groups is 1. The van der Waals surface area contributed by atoms with E-state index in [1.165, 1.54) is 0 Å². The summed E-state index contributed by atoms with van der Waals surface area (Å²) in [6.07, 6.45) is 3.77. The summed E-state index contributed by atoms with van der Waals surface area (Å²) in [5.74, 6) is 0.439. The molecule has 0 unspecified atom stereocenters. The molecule has 0 bridgehead atoms. The molecule has 68 valence electrons. The van der Waals surface area contributed by atoms with E-state index in [1.54, 1.807) is 11.9 Å². The van der Waals surface area contributed by atoms with Crippen LogP contribution in [0.25, 0.3) is 6.08 Å². The fourth-order valence-corrected chi connectivity index (χ4v) is 2.00. The summed E-state index contributed by atoms with van der Waals surface area (Å²) < 4.78 is 3.95. The highest BCUT2D eigenvalue weighted by Gasteiger charge is 2.21. The number of nitrogens with zero attached hydrogens (tertiary/aromatic N) is 2. The van der Waals surface area contributed by atoms with Gasteiger partial charge in [-0.15, -0.1) is 0 Å². The number of carbonyl (C=O) groups excluding carboxylic acids is 1. The topological polar surface area (TPSA) is 59.2 Å². The molecule has 0 spiro atoms. The first kappa shape index (κ1) is 8.25. The number of hydrogen-bond donors (Lipinski definition) is 1. The maximum atomic E-state index is 11.7. The predicted octanol–water partition coefficient (Wildman–Crippen LogP) is 0.824. The smallest absolute Gasteiger partial charge is 0.266 e. The first-order chi connectivity index (χ1) is 6.20. The Morgan fingerprint density at radius 1 is 1.69 bits per heavy atom. The molecule has 4 nitrogen and oxygen atoms in total. The van der Waals surface area contributed by atoms with Crippen LogP contribution in [0.1, 0.15) is 15.2 Å². The lowest BCUT2D eigenvalue weighted by Gasteiger charge is -2.11. The number of anilines is 1. The van der Waals surface area contributed by atoms with Crippen LogP contribution in [0.3, 0.4) is 0 Å². The molecule has 1 aliphatic rings. The van der Waals surface area contributed by atoms with Crippen molar-refractivity contribution in [1.82, 2.24) is 9.27 Å². The Hall–Kier alpha value is -1.36. The van der Waals surface area contributed by atoms with Crippen LogP contribution in [-0.4, -0.2) is 28.8 Å². The van der Waals surface area contributed by atoms with Gasteiger partial charge in [0.15, 0.2) is 0 Å². The highest BCUT2D eigenvalue weighted by molar-refractivity contribution is 7.08. The summed E-state index contributed by atoms with van der Waals surface area (Å²) in [6.45, 7) is 0.625. The highest BCUT2D eigenvalue weighted by atomic mass is 32.1. The van der Waals surface area contributed by atoms with Crippen LogP contribution in [0, 0.1) is 0 Å². The monoisotopic (exact) mass is 195 g/mol. The Morgan fingerprint density at radius 3 is 3.23 bits per heavy atom. The Labute approximate surface area is 79.8 Å². The van der Waals surface area contributed by atoms with E-state index in [0.29, 0.717) is 17.2 Å². The third kappa shape index (κ3) is 1.21. The number of nitrogens with two attached hydrogens (primary N) is 1. The van der Waals surface area contributed by atoms with Gasteiger partial charge in [-0.1, -0.05) is 12.2 Å². The average molecular weight is 195 g/mol. The molecule has 2 N–H and O–H groups in total. The standard InChI is InChI=1S/C8H9N3OS/c1-11-4-2-3-5-6(8(11)12)13-10-7(5)9/h2-3H,4H2,1H3,(H2,9,10). The van der Waals surface area contributed by atoms with E-state index in [-0.39, 0.29) is 5.91 Å². The fraction of sp³-hybridized carbons (Fsp3) is 0.250. The van der Waals surface area contributed by atoms with Gasteiger partial charge in [0, 0.05) is 19.2 Å². The maximum absolute atomic E-state index is 11.7. The Kier molecular flexibility index (Phi) is 1.81. The van der Waals surface area contributed by atoms with Gasteiger partial charge < -0.3 is 10.6 Å². The summed E-state index contributed by atoms with van der Waals surface area (Å²) in [6, 6.07) is 0. The summed E-state index contributed by atoms with van der Waals surface area (Å²) in [5, 5.41) is 0. The van der Waals surface area contributed by atoms with Crippen molar-refractivity contribution in [3.8, 4) is 0 Å². The molecule has 5 heteroatoms. The first-order valence-corrected chi connectivity index (χ1v) is 4.64. The number of amides is 1. The minimum atomic E-state index is -0.00537. The molecule has 0 radical (unpaired) electrons. The molecule has 13 heavy (non-hydrogen) atoms. The van der Waals surface area contributed by atoms with Gasteiger partial charge >= 0.3 is 0 Å². The number of aromatic nitrogens is 1. The van der Waals surface area contributed by atoms with E-state index < -0.39 is 0 Å². The average Bonchev–Trinajstić information content (AvgIpc) is 2.40. The molecule has 0 atom stereocenters. The van der Waals surface area contributed by atoms with Crippen LogP contribution < -0.4 is 5.73 Å². The van der Waals surface area contributed by atoms with Gasteiger partial charge in [0.1, 0.15) is 10.7 Å². The zero-order chi connectivity index (χ0) is 9.42. The number of rotatable bonds is 0. The third-order valence-corrected chi connectivity index (χ3v) is 2.83. The molecule has 1 aromatic heterocycles. The second-order valence-electron chi connectivity index (χ2n) is 2.90. The van der Waals surface area contributed by atoms with Crippen molar-refractivity contribution >= 4 is 29.3 Å². The van der Waals surface area contributed by atoms with E-state index in [9.17, 15) is 4.79 Å². The maximum Gasteiger partial charge on any atom is 0.266 e. The minimum Gasteiger partial charge on any atom is -0.382 e. The summed E-state index contributed by atoms with van der Waals surface area (Å²) in [5.41, 5.74) is 6.38. The van der Waals surface area contributed by atoms with Crippen molar-refractivity contribution in [3.63, 3.8) is 0 Å². The number of nitrogen functional groups attached to an aromatic ring is 1. The van der Waals surface area contributed by atoms with Gasteiger partial charge in [-0.05, 0) is 11.5 Å². The lowest BCUT2D eigenvalue weighted by Crippen LogP contribution is -2.25. The van der Waals surface area contributed by atoms with E-state index in [2.05, 4.69) is 4.37 Å². The molecule has 0 saturated heterocycles. The molecule has 2 heterocycles. The Bertz CT molecular complexity index is 383. The second-order valence-corrected chi connectivity index (χ2v) is 3.67. The van der Waals surface area contributed by atoms with Gasteiger partial charge in [-0.25, -0.2) is 0 Å². The van der Waals surface area contributed by atoms with Crippen LogP contribution >= 0.6 is 11.5 Å². The van der Waals surface area contributed by atoms with E-state index in [0.717, 1.165) is 17.1 Å². The molecule has 2 rings (SSSR count). The normalized spacial score (nSPS) is 15.8. The largest absolute Gasteiger partial charge is 0.382 e. The van der Waals surface area contributed by atoms with Crippen molar-refractivity contribution in [1.29, 1.82) is 0 Å². The highest BCUT2D eigenvalue weighted by Crippen LogP contribution is 2.25. The van der Waals surface area contributed by atoms with Gasteiger partial charge in [0.2, 0.25) is 0 Å². The van der Waals surface area contributed by atoms with Gasteiger partial charge in [-0.3, -0.25) is 4.79 Å². The van der Waals surface area contributed by atoms with Crippen molar-refractivity contribution in [2.75, 3.05) is 19.3 Å². The number of likely N-dealkylation sites (N-methyl/N-ethyl adjacent to an activating group) is 1. The molecular formula is C8H9N3OS. The van der Waals surface area contributed by atoms with Crippen molar-refractivity contribution < 1.29 is 4.79 Å². The summed E-state index contributed by atoms with van der Waals surface area (Å²) in [7, 11) is 1.76. The van der Waals surface area contributed by atoms with Crippen LogP contribution in [0.2, 0.25) is 0 Å². The minimum absolute atomic E-state index is 0.00537. The van der Waals surface area contributed by atoms with E-state index in [4.69, 9.17) is 5.73 Å². The molecule has 1 amide bonds. The van der Waals surface area contributed by atoms with Gasteiger partial charge in [0.25, 0.3) is 5.91 Å². The summed E-state index contributed by atoms with van der Waals surface area (Å²) >= 11 is 1.16. The lowest BCUT2D eigenvalue weighted by atomic mass is 10.2. The Morgan fingerprint density at radius 2 is 2.46 bits per heavy atom. The fourth-order valence-electron chi connectivity index (χ4n) is 1.21. The van der Waals surface area contributed by atoms with Crippen molar-refractivity contribution in [2.24, 2.45) is 0 Å². The number of fused-ring (bicyclic) bond motifs is 1. The quantitative estimate of drug-likeness (QED) is 0.667. The van der Waals surface area contributed by atoms with Crippen molar-refractivity contribution in [2.45, 2.75) is 0 Å². The van der Waals surface area contributed by atoms with Gasteiger partial charge in [0.05, 0.1) is 0 Å². The molecule has 1 aliphatic heterocycles. The third-order valence-electron chi connectivity index (χ3n) is 1.96. The molecule has 0 aliphatic carbocycles. The first-order valence-electron chi connectivity index (χ1n) is 3.87. The molecule has 1 aromatic rings. The number of hydrogen-bond acceptors (Lipinski definition) is 4. The Balaban J connectivity index is 2.57. The van der Waals surface area contributed by atoms with Crippen LogP contribution in [0.5, 0.6) is 0 Å². The van der Waals surface area contributed by atoms with Gasteiger partial charge in [-0.2, -0.15) is 4.37 Å². The summed E-state index contributed by atoms with van der Waals surface area (Å²) in [4.78, 5) is 13.9. The zero-order valence-electron chi connectivity index (χ0n) is 7.15. The van der Waals surface area contributed by atoms with Crippen LogP contribution in [0.15, 0.2) is 6.08 Å². The molecule has 0 fully saturated rings. The van der Waals surface area contributed by atoms with E-state index >= 15 is 0 Å². The predicted molar refractivity (Wildman–Crippen MR) is 52.5 cm³/mol.